The van der Waals surface area contributed by atoms with E-state index in [0.717, 1.165) is 23.2 Å². The maximum absolute atomic E-state index is 11.0. The maximum atomic E-state index is 11.0. The van der Waals surface area contributed by atoms with Crippen LogP contribution in [0, 0.1) is 0 Å². The number of carboxylic acids is 1. The summed E-state index contributed by atoms with van der Waals surface area (Å²) in [5.41, 5.74) is 4.30. The van der Waals surface area contributed by atoms with E-state index < -0.39 is 5.97 Å². The number of benzene rings is 2. The SMILES string of the molecule is CN(Cc1ccoc1)Cc1cc(-c2csc3ccccc23)ccc1OCC(=O)O. The highest BCUT2D eigenvalue weighted by atomic mass is 32.1. The number of furan rings is 1. The fourth-order valence-electron chi connectivity index (χ4n) is 3.39. The second-order valence-electron chi connectivity index (χ2n) is 6.95. The van der Waals surface area contributed by atoms with Crippen LogP contribution in [0.3, 0.4) is 0 Å². The van der Waals surface area contributed by atoms with E-state index >= 15 is 0 Å². The predicted molar refractivity (Wildman–Crippen MR) is 114 cm³/mol. The number of carboxylic acid groups (broad SMARTS) is 1. The van der Waals surface area contributed by atoms with Crippen LogP contribution in [-0.4, -0.2) is 29.6 Å². The Balaban J connectivity index is 1.65. The average Bonchev–Trinajstić information content (AvgIpc) is 3.36. The number of thiophene rings is 1. The topological polar surface area (TPSA) is 62.9 Å². The Bertz CT molecular complexity index is 1120. The zero-order valence-corrected chi connectivity index (χ0v) is 16.8. The first kappa shape index (κ1) is 19.2. The summed E-state index contributed by atoms with van der Waals surface area (Å²) in [5.74, 6) is -0.398. The number of hydrogen-bond donors (Lipinski definition) is 1. The van der Waals surface area contributed by atoms with Crippen molar-refractivity contribution < 1.29 is 19.1 Å². The van der Waals surface area contributed by atoms with Crippen LogP contribution in [0.4, 0.5) is 0 Å². The molecule has 0 spiro atoms. The lowest BCUT2D eigenvalue weighted by atomic mass is 10.0. The fourth-order valence-corrected chi connectivity index (χ4v) is 4.36. The lowest BCUT2D eigenvalue weighted by molar-refractivity contribution is -0.139. The maximum Gasteiger partial charge on any atom is 0.341 e. The average molecular weight is 407 g/mol. The molecule has 0 amide bonds. The van der Waals surface area contributed by atoms with Crippen LogP contribution < -0.4 is 4.74 Å². The molecule has 4 rings (SSSR count). The van der Waals surface area contributed by atoms with Crippen LogP contribution in [0.25, 0.3) is 21.2 Å². The van der Waals surface area contributed by atoms with Crippen LogP contribution in [-0.2, 0) is 17.9 Å². The molecule has 1 N–H and O–H groups in total. The van der Waals surface area contributed by atoms with E-state index in [9.17, 15) is 4.79 Å². The van der Waals surface area contributed by atoms with Gasteiger partial charge in [-0.1, -0.05) is 24.3 Å². The van der Waals surface area contributed by atoms with E-state index in [0.29, 0.717) is 12.3 Å². The molecule has 0 atom stereocenters. The highest BCUT2D eigenvalue weighted by Crippen LogP contribution is 2.36. The van der Waals surface area contributed by atoms with Crippen LogP contribution in [0.2, 0.25) is 0 Å². The Morgan fingerprint density at radius 3 is 2.83 bits per heavy atom. The normalized spacial score (nSPS) is 11.2. The van der Waals surface area contributed by atoms with Gasteiger partial charge in [-0.3, -0.25) is 4.90 Å². The third-order valence-corrected chi connectivity index (χ3v) is 5.64. The van der Waals surface area contributed by atoms with E-state index in [4.69, 9.17) is 14.3 Å². The van der Waals surface area contributed by atoms with Crippen molar-refractivity contribution in [1.82, 2.24) is 4.90 Å². The first-order valence-corrected chi connectivity index (χ1v) is 10.1. The summed E-state index contributed by atoms with van der Waals surface area (Å²) in [7, 11) is 2.01. The third-order valence-electron chi connectivity index (χ3n) is 4.68. The van der Waals surface area contributed by atoms with E-state index in [1.807, 2.05) is 37.4 Å². The Kier molecular flexibility index (Phi) is 5.64. The summed E-state index contributed by atoms with van der Waals surface area (Å²) in [5, 5.41) is 12.4. The molecular weight excluding hydrogens is 386 g/mol. The molecule has 4 aromatic rings. The van der Waals surface area contributed by atoms with Crippen molar-refractivity contribution in [2.45, 2.75) is 13.1 Å². The number of carbonyl (C=O) groups is 1. The summed E-state index contributed by atoms with van der Waals surface area (Å²) in [4.78, 5) is 13.1. The molecular formula is C23H21NO4S. The van der Waals surface area contributed by atoms with Crippen molar-refractivity contribution in [2.24, 2.45) is 0 Å². The molecule has 0 aliphatic heterocycles. The number of nitrogens with zero attached hydrogens (tertiary/aromatic N) is 1. The van der Waals surface area contributed by atoms with Crippen molar-refractivity contribution in [2.75, 3.05) is 13.7 Å². The predicted octanol–water partition coefficient (Wildman–Crippen LogP) is 5.26. The molecule has 0 saturated heterocycles. The zero-order valence-electron chi connectivity index (χ0n) is 16.0. The van der Waals surface area contributed by atoms with Gasteiger partial charge in [0.15, 0.2) is 6.61 Å². The van der Waals surface area contributed by atoms with Crippen molar-refractivity contribution in [1.29, 1.82) is 0 Å². The number of fused-ring (bicyclic) bond motifs is 1. The van der Waals surface area contributed by atoms with E-state index in [2.05, 4.69) is 28.5 Å². The minimum Gasteiger partial charge on any atom is -0.482 e. The van der Waals surface area contributed by atoms with Gasteiger partial charge in [0.1, 0.15) is 5.75 Å². The molecule has 0 aliphatic carbocycles. The third kappa shape index (κ3) is 4.50. The van der Waals surface area contributed by atoms with Gasteiger partial charge in [0.2, 0.25) is 0 Å². The molecule has 2 aromatic carbocycles. The van der Waals surface area contributed by atoms with Crippen LogP contribution >= 0.6 is 11.3 Å². The summed E-state index contributed by atoms with van der Waals surface area (Å²) in [6.45, 7) is 0.982. The van der Waals surface area contributed by atoms with Gasteiger partial charge in [0, 0.05) is 39.9 Å². The largest absolute Gasteiger partial charge is 0.482 e. The van der Waals surface area contributed by atoms with Gasteiger partial charge >= 0.3 is 5.97 Å². The van der Waals surface area contributed by atoms with Crippen LogP contribution in [0.5, 0.6) is 5.75 Å². The Morgan fingerprint density at radius 1 is 1.17 bits per heavy atom. The van der Waals surface area contributed by atoms with Gasteiger partial charge in [-0.15, -0.1) is 11.3 Å². The minimum absolute atomic E-state index is 0.362. The Labute approximate surface area is 172 Å². The van der Waals surface area contributed by atoms with E-state index in [1.165, 1.54) is 15.6 Å². The number of ether oxygens (including phenoxy) is 1. The van der Waals surface area contributed by atoms with Crippen molar-refractivity contribution in [3.05, 3.63) is 77.6 Å². The van der Waals surface area contributed by atoms with Crippen LogP contribution in [0.1, 0.15) is 11.1 Å². The molecule has 148 valence electrons. The summed E-state index contributed by atoms with van der Waals surface area (Å²) < 4.78 is 11.9. The minimum atomic E-state index is -0.990. The smallest absolute Gasteiger partial charge is 0.341 e. The molecule has 2 heterocycles. The molecule has 6 heteroatoms. The fraction of sp³-hybridized carbons (Fsp3) is 0.174. The molecule has 0 saturated carbocycles. The van der Waals surface area contributed by atoms with E-state index in [1.54, 1.807) is 23.9 Å². The lowest BCUT2D eigenvalue weighted by Gasteiger charge is -2.19. The molecule has 0 aliphatic rings. The van der Waals surface area contributed by atoms with Crippen LogP contribution in [0.15, 0.2) is 70.9 Å². The monoisotopic (exact) mass is 407 g/mol. The first-order valence-electron chi connectivity index (χ1n) is 9.24. The van der Waals surface area contributed by atoms with Crippen molar-refractivity contribution in [3.8, 4) is 16.9 Å². The van der Waals surface area contributed by atoms with Gasteiger partial charge in [-0.25, -0.2) is 4.79 Å². The molecule has 5 nitrogen and oxygen atoms in total. The second-order valence-corrected chi connectivity index (χ2v) is 7.87. The molecule has 2 aromatic heterocycles. The highest BCUT2D eigenvalue weighted by Gasteiger charge is 2.13. The Morgan fingerprint density at radius 2 is 2.03 bits per heavy atom. The van der Waals surface area contributed by atoms with Crippen molar-refractivity contribution >= 4 is 27.4 Å². The summed E-state index contributed by atoms with van der Waals surface area (Å²) in [6, 6.07) is 16.2. The first-order chi connectivity index (χ1) is 14.1. The van der Waals surface area contributed by atoms with Gasteiger partial charge in [0.25, 0.3) is 0 Å². The molecule has 0 unspecified atom stereocenters. The second kappa shape index (κ2) is 8.51. The quantitative estimate of drug-likeness (QED) is 0.432. The van der Waals surface area contributed by atoms with Gasteiger partial charge in [0.05, 0.1) is 12.5 Å². The van der Waals surface area contributed by atoms with E-state index in [-0.39, 0.29) is 6.61 Å². The number of aliphatic carboxylic acids is 1. The molecule has 29 heavy (non-hydrogen) atoms. The number of hydrogen-bond acceptors (Lipinski definition) is 5. The molecule has 0 radical (unpaired) electrons. The standard InChI is InChI=1S/C23H21NO4S/c1-24(11-16-8-9-27-13-16)12-18-10-17(6-7-21(18)28-14-23(25)26)20-15-29-22-5-3-2-4-19(20)22/h2-10,13,15H,11-12,14H2,1H3,(H,25,26). The Hall–Kier alpha value is -3.09. The van der Waals surface area contributed by atoms with Crippen molar-refractivity contribution in [3.63, 3.8) is 0 Å². The van der Waals surface area contributed by atoms with Gasteiger partial charge in [-0.2, -0.15) is 0 Å². The number of rotatable bonds is 8. The molecule has 0 fully saturated rings. The molecule has 0 bridgehead atoms. The van der Waals surface area contributed by atoms with Gasteiger partial charge in [-0.05, 0) is 42.3 Å². The summed E-state index contributed by atoms with van der Waals surface area (Å²) >= 11 is 1.72. The lowest BCUT2D eigenvalue weighted by Crippen LogP contribution is -2.18. The zero-order chi connectivity index (χ0) is 20.2. The highest BCUT2D eigenvalue weighted by molar-refractivity contribution is 7.17. The van der Waals surface area contributed by atoms with Gasteiger partial charge < -0.3 is 14.3 Å². The summed E-state index contributed by atoms with van der Waals surface area (Å²) in [6.07, 6.45) is 3.39.